The molecule has 7 nitrogen and oxygen atoms in total. The zero-order chi connectivity index (χ0) is 12.7. The monoisotopic (exact) mass is 263 g/mol. The summed E-state index contributed by atoms with van der Waals surface area (Å²) >= 11 is 1.28. The number of H-pyrrole nitrogens is 1. The lowest BCUT2D eigenvalue weighted by Gasteiger charge is -1.95. The predicted molar refractivity (Wildman–Crippen MR) is 64.6 cm³/mol. The van der Waals surface area contributed by atoms with Gasteiger partial charge in [0.25, 0.3) is 5.56 Å². The second kappa shape index (κ2) is 3.77. The summed E-state index contributed by atoms with van der Waals surface area (Å²) in [5, 5.41) is 12.3. The molecule has 90 valence electrons. The van der Waals surface area contributed by atoms with Crippen LogP contribution in [0.5, 0.6) is 0 Å². The van der Waals surface area contributed by atoms with E-state index in [1.807, 2.05) is 0 Å². The lowest BCUT2D eigenvalue weighted by molar-refractivity contribution is -0.401. The van der Waals surface area contributed by atoms with E-state index in [9.17, 15) is 14.9 Å². The van der Waals surface area contributed by atoms with E-state index in [2.05, 4.69) is 9.97 Å². The lowest BCUT2D eigenvalue weighted by atomic mass is 10.4. The number of nitrogens with one attached hydrogen (secondary N) is 1. The standard InChI is InChI=1S/C10H5N3O4S/c14-10-8-5(3-4-18-8)11-9(12-10)6-1-2-7(17-6)13(15)16/h1-4H,(H,11,12,14). The van der Waals surface area contributed by atoms with Gasteiger partial charge in [-0.2, -0.15) is 0 Å². The first kappa shape index (κ1) is 10.7. The van der Waals surface area contributed by atoms with Gasteiger partial charge in [-0.05, 0) is 17.5 Å². The van der Waals surface area contributed by atoms with Crippen molar-refractivity contribution in [2.75, 3.05) is 0 Å². The molecule has 8 heteroatoms. The van der Waals surface area contributed by atoms with E-state index < -0.39 is 10.8 Å². The van der Waals surface area contributed by atoms with Crippen molar-refractivity contribution < 1.29 is 9.34 Å². The molecule has 0 saturated carbocycles. The molecule has 0 spiro atoms. The number of furan rings is 1. The molecule has 1 N–H and O–H groups in total. The van der Waals surface area contributed by atoms with Crippen LogP contribution in [-0.4, -0.2) is 14.9 Å². The third-order valence-corrected chi connectivity index (χ3v) is 3.22. The van der Waals surface area contributed by atoms with Gasteiger partial charge in [0.15, 0.2) is 11.6 Å². The van der Waals surface area contributed by atoms with Crippen LogP contribution in [0.3, 0.4) is 0 Å². The summed E-state index contributed by atoms with van der Waals surface area (Å²) in [7, 11) is 0. The maximum atomic E-state index is 11.7. The van der Waals surface area contributed by atoms with Crippen molar-refractivity contribution in [2.45, 2.75) is 0 Å². The Morgan fingerprint density at radius 3 is 2.94 bits per heavy atom. The number of nitro groups is 1. The normalized spacial score (nSPS) is 10.9. The quantitative estimate of drug-likeness (QED) is 0.563. The fourth-order valence-electron chi connectivity index (χ4n) is 1.54. The first-order valence-corrected chi connectivity index (χ1v) is 5.75. The summed E-state index contributed by atoms with van der Waals surface area (Å²) in [5.74, 6) is -0.0519. The molecular formula is C10H5N3O4S. The van der Waals surface area contributed by atoms with Crippen molar-refractivity contribution in [3.05, 3.63) is 44.0 Å². The number of nitrogens with zero attached hydrogens (tertiary/aromatic N) is 2. The van der Waals surface area contributed by atoms with Gasteiger partial charge in [0.1, 0.15) is 9.62 Å². The highest BCUT2D eigenvalue weighted by molar-refractivity contribution is 7.17. The van der Waals surface area contributed by atoms with Crippen LogP contribution in [-0.2, 0) is 0 Å². The highest BCUT2D eigenvalue weighted by Crippen LogP contribution is 2.24. The minimum Gasteiger partial charge on any atom is -0.397 e. The molecule has 0 unspecified atom stereocenters. The first-order valence-electron chi connectivity index (χ1n) is 4.87. The van der Waals surface area contributed by atoms with E-state index in [0.717, 1.165) is 0 Å². The molecule has 0 aliphatic heterocycles. The van der Waals surface area contributed by atoms with E-state index in [1.54, 1.807) is 11.4 Å². The van der Waals surface area contributed by atoms with Crippen LogP contribution in [0, 0.1) is 10.1 Å². The fraction of sp³-hybridized carbons (Fsp3) is 0. The Kier molecular flexibility index (Phi) is 2.23. The van der Waals surface area contributed by atoms with Gasteiger partial charge in [0.05, 0.1) is 11.6 Å². The molecule has 0 aromatic carbocycles. The van der Waals surface area contributed by atoms with Gasteiger partial charge in [-0.1, -0.05) is 0 Å². The van der Waals surface area contributed by atoms with E-state index in [1.165, 1.54) is 23.5 Å². The van der Waals surface area contributed by atoms with Crippen LogP contribution in [0.4, 0.5) is 5.88 Å². The summed E-state index contributed by atoms with van der Waals surface area (Å²) < 4.78 is 5.50. The van der Waals surface area contributed by atoms with Crippen molar-refractivity contribution in [3.63, 3.8) is 0 Å². The third-order valence-electron chi connectivity index (χ3n) is 2.32. The molecule has 0 saturated heterocycles. The molecule has 18 heavy (non-hydrogen) atoms. The number of fused-ring (bicyclic) bond motifs is 1. The third kappa shape index (κ3) is 1.59. The van der Waals surface area contributed by atoms with Gasteiger partial charge in [0.2, 0.25) is 0 Å². The topological polar surface area (TPSA) is 102 Å². The van der Waals surface area contributed by atoms with Gasteiger partial charge in [-0.15, -0.1) is 11.3 Å². The minimum absolute atomic E-state index is 0.159. The minimum atomic E-state index is -0.648. The highest BCUT2D eigenvalue weighted by Gasteiger charge is 2.15. The van der Waals surface area contributed by atoms with Gasteiger partial charge in [0, 0.05) is 0 Å². The van der Waals surface area contributed by atoms with Crippen LogP contribution in [0.25, 0.3) is 21.8 Å². The Balaban J connectivity index is 2.18. The molecule has 0 bridgehead atoms. The molecule has 0 amide bonds. The molecular weight excluding hydrogens is 258 g/mol. The summed E-state index contributed by atoms with van der Waals surface area (Å²) in [4.78, 5) is 28.3. The van der Waals surface area contributed by atoms with Gasteiger partial charge >= 0.3 is 5.88 Å². The molecule has 3 rings (SSSR count). The van der Waals surface area contributed by atoms with E-state index in [-0.39, 0.29) is 17.1 Å². The average molecular weight is 263 g/mol. The second-order valence-electron chi connectivity index (χ2n) is 3.44. The van der Waals surface area contributed by atoms with Crippen molar-refractivity contribution >= 4 is 27.4 Å². The number of aromatic amines is 1. The zero-order valence-corrected chi connectivity index (χ0v) is 9.56. The number of aromatic nitrogens is 2. The van der Waals surface area contributed by atoms with Crippen molar-refractivity contribution in [2.24, 2.45) is 0 Å². The molecule has 0 fully saturated rings. The maximum Gasteiger partial charge on any atom is 0.433 e. The van der Waals surface area contributed by atoms with E-state index in [0.29, 0.717) is 10.2 Å². The number of hydrogen-bond donors (Lipinski definition) is 1. The molecule has 0 aliphatic rings. The molecule has 0 aliphatic carbocycles. The van der Waals surface area contributed by atoms with E-state index >= 15 is 0 Å². The Morgan fingerprint density at radius 2 is 2.22 bits per heavy atom. The van der Waals surface area contributed by atoms with Gasteiger partial charge in [-0.25, -0.2) is 4.98 Å². The molecule has 0 radical (unpaired) electrons. The van der Waals surface area contributed by atoms with Crippen LogP contribution in [0.1, 0.15) is 0 Å². The lowest BCUT2D eigenvalue weighted by Crippen LogP contribution is -2.07. The van der Waals surface area contributed by atoms with Crippen LogP contribution < -0.4 is 5.56 Å². The van der Waals surface area contributed by atoms with Crippen LogP contribution in [0.15, 0.2) is 32.8 Å². The Labute approximate surface area is 103 Å². The predicted octanol–water partition coefficient (Wildman–Crippen LogP) is 2.15. The number of thiophene rings is 1. The van der Waals surface area contributed by atoms with Crippen molar-refractivity contribution in [3.8, 4) is 11.6 Å². The molecule has 3 heterocycles. The van der Waals surface area contributed by atoms with Gasteiger partial charge in [-0.3, -0.25) is 14.9 Å². The summed E-state index contributed by atoms with van der Waals surface area (Å²) in [5.41, 5.74) is 0.252. The average Bonchev–Trinajstić information content (AvgIpc) is 2.97. The maximum absolute atomic E-state index is 11.7. The number of hydrogen-bond acceptors (Lipinski definition) is 6. The summed E-state index contributed by atoms with van der Waals surface area (Å²) in [6, 6.07) is 4.32. The molecule has 3 aromatic heterocycles. The molecule has 3 aromatic rings. The highest BCUT2D eigenvalue weighted by atomic mass is 32.1. The Bertz CT molecular complexity index is 801. The van der Waals surface area contributed by atoms with Gasteiger partial charge < -0.3 is 9.40 Å². The van der Waals surface area contributed by atoms with Crippen LogP contribution in [0.2, 0.25) is 0 Å². The fourth-order valence-corrected chi connectivity index (χ4v) is 2.27. The zero-order valence-electron chi connectivity index (χ0n) is 8.75. The molecule has 0 atom stereocenters. The second-order valence-corrected chi connectivity index (χ2v) is 4.36. The Hall–Kier alpha value is -2.48. The van der Waals surface area contributed by atoms with Crippen molar-refractivity contribution in [1.29, 1.82) is 0 Å². The largest absolute Gasteiger partial charge is 0.433 e. The smallest absolute Gasteiger partial charge is 0.397 e. The Morgan fingerprint density at radius 1 is 1.39 bits per heavy atom. The SMILES string of the molecule is O=c1[nH]c(-c2ccc([N+](=O)[O-])o2)nc2ccsc12. The number of rotatable bonds is 2. The van der Waals surface area contributed by atoms with E-state index in [4.69, 9.17) is 4.42 Å². The summed E-state index contributed by atoms with van der Waals surface area (Å²) in [6.07, 6.45) is 0. The van der Waals surface area contributed by atoms with Crippen LogP contribution >= 0.6 is 11.3 Å². The summed E-state index contributed by atoms with van der Waals surface area (Å²) in [6.45, 7) is 0. The first-order chi connectivity index (χ1) is 8.65. The van der Waals surface area contributed by atoms with Crippen molar-refractivity contribution in [1.82, 2.24) is 9.97 Å².